The van der Waals surface area contributed by atoms with Crippen LogP contribution in [0.2, 0.25) is 0 Å². The first kappa shape index (κ1) is 24.6. The number of aromatic nitrogens is 3. The van der Waals surface area contributed by atoms with Crippen LogP contribution in [0.25, 0.3) is 88.8 Å². The van der Waals surface area contributed by atoms with Gasteiger partial charge in [0.25, 0.3) is 0 Å². The normalized spacial score (nSPS) is 11.6. The Labute approximate surface area is 255 Å². The maximum atomic E-state index is 5.16. The molecule has 0 unspecified atom stereocenters. The Kier molecular flexibility index (Phi) is 5.50. The van der Waals surface area contributed by atoms with Gasteiger partial charge in [-0.25, -0.2) is 9.97 Å². The first-order chi connectivity index (χ1) is 21.8. The molecule has 0 saturated carbocycles. The van der Waals surface area contributed by atoms with E-state index >= 15 is 0 Å². The second-order valence-electron chi connectivity index (χ2n) is 11.2. The average Bonchev–Trinajstić information content (AvgIpc) is 3.43. The number of nitrogens with zero attached hydrogens (tertiary/aromatic N) is 3. The zero-order chi connectivity index (χ0) is 29.0. The van der Waals surface area contributed by atoms with Crippen molar-refractivity contribution >= 4 is 21.5 Å². The van der Waals surface area contributed by atoms with Crippen LogP contribution in [-0.4, -0.2) is 15.0 Å². The SMILES string of the molecule is c1ccc(-c2nc(-c3ccc(-c4cncc5ccccc45)cc3)cc(-c3ccc4c5c(cccc35)-c3ccccc3-4)n2)cc1. The van der Waals surface area contributed by atoms with Crippen LogP contribution in [-0.2, 0) is 0 Å². The quantitative estimate of drug-likeness (QED) is 0.215. The van der Waals surface area contributed by atoms with Crippen LogP contribution >= 0.6 is 0 Å². The van der Waals surface area contributed by atoms with Crippen LogP contribution in [0.15, 0.2) is 152 Å². The molecule has 8 aromatic rings. The van der Waals surface area contributed by atoms with E-state index in [1.807, 2.05) is 30.6 Å². The number of rotatable bonds is 4. The minimum atomic E-state index is 0.715. The van der Waals surface area contributed by atoms with Gasteiger partial charge in [-0.2, -0.15) is 0 Å². The van der Waals surface area contributed by atoms with Crippen molar-refractivity contribution in [2.75, 3.05) is 0 Å². The Morgan fingerprint density at radius 3 is 1.84 bits per heavy atom. The Hall–Kier alpha value is -5.93. The molecular weight excluding hydrogens is 534 g/mol. The highest BCUT2D eigenvalue weighted by molar-refractivity contribution is 6.18. The van der Waals surface area contributed by atoms with E-state index in [1.165, 1.54) is 38.4 Å². The molecule has 3 nitrogen and oxygen atoms in total. The largest absolute Gasteiger partial charge is 0.263 e. The number of hydrogen-bond acceptors (Lipinski definition) is 3. The molecule has 204 valence electrons. The van der Waals surface area contributed by atoms with E-state index in [0.29, 0.717) is 5.82 Å². The molecule has 0 atom stereocenters. The van der Waals surface area contributed by atoms with E-state index in [1.54, 1.807) is 0 Å². The molecule has 0 bridgehead atoms. The van der Waals surface area contributed by atoms with E-state index in [2.05, 4.69) is 126 Å². The summed E-state index contributed by atoms with van der Waals surface area (Å²) in [5, 5.41) is 4.83. The first-order valence-electron chi connectivity index (χ1n) is 14.9. The average molecular weight is 560 g/mol. The zero-order valence-electron chi connectivity index (χ0n) is 23.8. The molecule has 0 radical (unpaired) electrons. The van der Waals surface area contributed by atoms with Gasteiger partial charge in [0, 0.05) is 40.0 Å². The maximum absolute atomic E-state index is 5.16. The highest BCUT2D eigenvalue weighted by Gasteiger charge is 2.23. The summed E-state index contributed by atoms with van der Waals surface area (Å²) in [6.45, 7) is 0. The van der Waals surface area contributed by atoms with Crippen LogP contribution in [0, 0.1) is 0 Å². The number of benzene rings is 6. The third kappa shape index (κ3) is 3.87. The van der Waals surface area contributed by atoms with Crippen molar-refractivity contribution in [3.8, 4) is 67.3 Å². The van der Waals surface area contributed by atoms with Crippen LogP contribution in [0.3, 0.4) is 0 Å². The molecule has 2 heterocycles. The zero-order valence-corrected chi connectivity index (χ0v) is 23.8. The van der Waals surface area contributed by atoms with E-state index in [0.717, 1.165) is 44.6 Å². The smallest absolute Gasteiger partial charge is 0.160 e. The van der Waals surface area contributed by atoms with Gasteiger partial charge in [0.2, 0.25) is 0 Å². The van der Waals surface area contributed by atoms with Crippen molar-refractivity contribution in [1.29, 1.82) is 0 Å². The molecule has 0 amide bonds. The topological polar surface area (TPSA) is 38.7 Å². The lowest BCUT2D eigenvalue weighted by atomic mass is 9.95. The fraction of sp³-hybridized carbons (Fsp3) is 0. The molecular formula is C41H25N3. The summed E-state index contributed by atoms with van der Waals surface area (Å²) in [5.41, 5.74) is 12.3. The van der Waals surface area contributed by atoms with Gasteiger partial charge >= 0.3 is 0 Å². The van der Waals surface area contributed by atoms with Gasteiger partial charge in [-0.05, 0) is 50.0 Å². The van der Waals surface area contributed by atoms with Gasteiger partial charge in [0.15, 0.2) is 5.82 Å². The molecule has 3 heteroatoms. The highest BCUT2D eigenvalue weighted by atomic mass is 14.9. The molecule has 9 rings (SSSR count). The summed E-state index contributed by atoms with van der Waals surface area (Å²) in [5.74, 6) is 0.715. The number of hydrogen-bond donors (Lipinski definition) is 0. The van der Waals surface area contributed by atoms with E-state index in [4.69, 9.17) is 9.97 Å². The van der Waals surface area contributed by atoms with Gasteiger partial charge in [0.05, 0.1) is 11.4 Å². The standard InChI is InChI=1S/C41H25N3/c1-2-9-28(10-3-1)41-43-38(27-19-17-26(18-20-27)37-25-42-24-29-11-4-5-12-30(29)37)23-39(44-41)33-21-22-36-32-14-7-6-13-31(32)34-15-8-16-35(33)40(34)36/h1-25H. The summed E-state index contributed by atoms with van der Waals surface area (Å²) in [6, 6.07) is 49.2. The minimum absolute atomic E-state index is 0.715. The maximum Gasteiger partial charge on any atom is 0.160 e. The van der Waals surface area contributed by atoms with Gasteiger partial charge in [-0.1, -0.05) is 133 Å². The lowest BCUT2D eigenvalue weighted by Crippen LogP contribution is -1.96. The fourth-order valence-electron chi connectivity index (χ4n) is 6.65. The van der Waals surface area contributed by atoms with Crippen molar-refractivity contribution in [2.24, 2.45) is 0 Å². The summed E-state index contributed by atoms with van der Waals surface area (Å²) < 4.78 is 0. The molecule has 44 heavy (non-hydrogen) atoms. The Morgan fingerprint density at radius 1 is 0.364 bits per heavy atom. The second-order valence-corrected chi connectivity index (χ2v) is 11.2. The van der Waals surface area contributed by atoms with Crippen molar-refractivity contribution in [1.82, 2.24) is 15.0 Å². The third-order valence-electron chi connectivity index (χ3n) is 8.74. The van der Waals surface area contributed by atoms with Crippen molar-refractivity contribution in [2.45, 2.75) is 0 Å². The summed E-state index contributed by atoms with van der Waals surface area (Å²) in [6.07, 6.45) is 3.86. The number of fused-ring (bicyclic) bond motifs is 4. The molecule has 1 aliphatic carbocycles. The van der Waals surface area contributed by atoms with Gasteiger partial charge in [-0.15, -0.1) is 0 Å². The predicted molar refractivity (Wildman–Crippen MR) is 181 cm³/mol. The lowest BCUT2D eigenvalue weighted by molar-refractivity contribution is 1.18. The molecule has 0 spiro atoms. The van der Waals surface area contributed by atoms with Gasteiger partial charge in [-0.3, -0.25) is 4.98 Å². The van der Waals surface area contributed by atoms with Crippen LogP contribution in [0.4, 0.5) is 0 Å². The predicted octanol–water partition coefficient (Wildman–Crippen LogP) is 10.5. The first-order valence-corrected chi connectivity index (χ1v) is 14.9. The summed E-state index contributed by atoms with van der Waals surface area (Å²) in [4.78, 5) is 14.7. The monoisotopic (exact) mass is 559 g/mol. The van der Waals surface area contributed by atoms with Crippen molar-refractivity contribution < 1.29 is 0 Å². The van der Waals surface area contributed by atoms with E-state index in [-0.39, 0.29) is 0 Å². The number of pyridine rings is 1. The molecule has 1 aliphatic rings. The van der Waals surface area contributed by atoms with Gasteiger partial charge < -0.3 is 0 Å². The third-order valence-corrected chi connectivity index (χ3v) is 8.74. The van der Waals surface area contributed by atoms with Crippen LogP contribution in [0.1, 0.15) is 0 Å². The van der Waals surface area contributed by atoms with Crippen molar-refractivity contribution in [3.05, 3.63) is 152 Å². The van der Waals surface area contributed by atoms with E-state index < -0.39 is 0 Å². The molecule has 2 aromatic heterocycles. The van der Waals surface area contributed by atoms with Crippen LogP contribution < -0.4 is 0 Å². The summed E-state index contributed by atoms with van der Waals surface area (Å²) >= 11 is 0. The lowest BCUT2D eigenvalue weighted by Gasteiger charge is -2.13. The molecule has 6 aromatic carbocycles. The molecule has 0 aliphatic heterocycles. The fourth-order valence-corrected chi connectivity index (χ4v) is 6.65. The van der Waals surface area contributed by atoms with Gasteiger partial charge in [0.1, 0.15) is 0 Å². The second kappa shape index (κ2) is 9.82. The molecule has 0 saturated heterocycles. The molecule has 0 fully saturated rings. The highest BCUT2D eigenvalue weighted by Crippen LogP contribution is 2.49. The Morgan fingerprint density at radius 2 is 1.00 bits per heavy atom. The molecule has 0 N–H and O–H groups in total. The minimum Gasteiger partial charge on any atom is -0.263 e. The Balaban J connectivity index is 1.21. The van der Waals surface area contributed by atoms with Crippen LogP contribution in [0.5, 0.6) is 0 Å². The van der Waals surface area contributed by atoms with E-state index in [9.17, 15) is 0 Å². The Bertz CT molecular complexity index is 2340. The van der Waals surface area contributed by atoms with Crippen molar-refractivity contribution in [3.63, 3.8) is 0 Å². The summed E-state index contributed by atoms with van der Waals surface area (Å²) in [7, 11) is 0.